The first-order valence-electron chi connectivity index (χ1n) is 6.20. The van der Waals surface area contributed by atoms with E-state index in [1.807, 2.05) is 4.90 Å². The first kappa shape index (κ1) is 17.1. The number of likely N-dealkylation sites (tertiary alicyclic amines) is 1. The molecule has 2 N–H and O–H groups in total. The monoisotopic (exact) mass is 345 g/mol. The third kappa shape index (κ3) is 6.34. The molecule has 0 saturated carbocycles. The Kier molecular flexibility index (Phi) is 6.94. The van der Waals surface area contributed by atoms with Crippen LogP contribution in [0.15, 0.2) is 0 Å². The molecule has 0 aromatic heterocycles. The Hall–Kier alpha value is 0.0300. The van der Waals surface area contributed by atoms with Crippen molar-refractivity contribution in [1.82, 2.24) is 15.5 Å². The molecule has 1 heterocycles. The SMILES string of the molecule is CC(=O)N[C@@H](NC(=S)N1CCCCCC1)C(Cl)(Cl)Cl. The van der Waals surface area contributed by atoms with Crippen LogP contribution in [-0.2, 0) is 4.79 Å². The lowest BCUT2D eigenvalue weighted by atomic mass is 10.2. The van der Waals surface area contributed by atoms with E-state index in [0.29, 0.717) is 5.11 Å². The van der Waals surface area contributed by atoms with Crippen LogP contribution in [0.25, 0.3) is 0 Å². The predicted octanol–water partition coefficient (Wildman–Crippen LogP) is 2.57. The summed E-state index contributed by atoms with van der Waals surface area (Å²) in [7, 11) is 0. The van der Waals surface area contributed by atoms with Crippen molar-refractivity contribution in [2.24, 2.45) is 0 Å². The van der Waals surface area contributed by atoms with E-state index >= 15 is 0 Å². The summed E-state index contributed by atoms with van der Waals surface area (Å²) in [5.74, 6) is -0.289. The van der Waals surface area contributed by atoms with Crippen molar-refractivity contribution >= 4 is 58.0 Å². The molecule has 1 rings (SSSR count). The zero-order valence-corrected chi connectivity index (χ0v) is 13.8. The molecule has 0 aromatic rings. The number of halogens is 3. The van der Waals surface area contributed by atoms with Gasteiger partial charge in [0.1, 0.15) is 6.17 Å². The Balaban J connectivity index is 2.61. The van der Waals surface area contributed by atoms with Gasteiger partial charge in [-0.15, -0.1) is 0 Å². The van der Waals surface area contributed by atoms with Crippen molar-refractivity contribution in [3.63, 3.8) is 0 Å². The Morgan fingerprint density at radius 2 is 1.68 bits per heavy atom. The molecule has 0 unspecified atom stereocenters. The van der Waals surface area contributed by atoms with Gasteiger partial charge in [-0.3, -0.25) is 4.79 Å². The number of carbonyl (C=O) groups is 1. The van der Waals surface area contributed by atoms with Crippen LogP contribution in [0.3, 0.4) is 0 Å². The van der Waals surface area contributed by atoms with Crippen LogP contribution in [0.1, 0.15) is 32.6 Å². The Morgan fingerprint density at radius 1 is 1.16 bits per heavy atom. The fourth-order valence-corrected chi connectivity index (χ4v) is 2.52. The number of nitrogens with one attached hydrogen (secondary N) is 2. The fourth-order valence-electron chi connectivity index (χ4n) is 1.89. The van der Waals surface area contributed by atoms with E-state index in [0.717, 1.165) is 25.9 Å². The van der Waals surface area contributed by atoms with Crippen molar-refractivity contribution in [1.29, 1.82) is 0 Å². The normalized spacial score (nSPS) is 18.4. The molecule has 1 saturated heterocycles. The van der Waals surface area contributed by atoms with Gasteiger partial charge in [0.25, 0.3) is 0 Å². The Bertz CT molecular complexity index is 328. The number of thiocarbonyl (C=S) groups is 1. The minimum Gasteiger partial charge on any atom is -0.349 e. The van der Waals surface area contributed by atoms with E-state index < -0.39 is 9.96 Å². The van der Waals surface area contributed by atoms with Gasteiger partial charge in [0, 0.05) is 20.0 Å². The molecule has 0 spiro atoms. The second-order valence-corrected chi connectivity index (χ2v) is 7.28. The minimum absolute atomic E-state index is 0.289. The van der Waals surface area contributed by atoms with Gasteiger partial charge in [-0.1, -0.05) is 47.6 Å². The van der Waals surface area contributed by atoms with Crippen molar-refractivity contribution in [3.05, 3.63) is 0 Å². The van der Waals surface area contributed by atoms with Gasteiger partial charge in [-0.05, 0) is 25.1 Å². The van der Waals surface area contributed by atoms with Gasteiger partial charge in [0.05, 0.1) is 0 Å². The third-order valence-electron chi connectivity index (χ3n) is 2.84. The lowest BCUT2D eigenvalue weighted by Gasteiger charge is -2.31. The van der Waals surface area contributed by atoms with Crippen LogP contribution in [0, 0.1) is 0 Å². The summed E-state index contributed by atoms with van der Waals surface area (Å²) in [6.07, 6.45) is 3.77. The van der Waals surface area contributed by atoms with Crippen LogP contribution in [0.5, 0.6) is 0 Å². The fraction of sp³-hybridized carbons (Fsp3) is 0.818. The van der Waals surface area contributed by atoms with Crippen LogP contribution in [-0.4, -0.2) is 39.0 Å². The van der Waals surface area contributed by atoms with E-state index in [1.54, 1.807) is 0 Å². The molecule has 1 aliphatic heterocycles. The number of amides is 1. The maximum atomic E-state index is 11.1. The summed E-state index contributed by atoms with van der Waals surface area (Å²) >= 11 is 22.8. The minimum atomic E-state index is -1.67. The summed E-state index contributed by atoms with van der Waals surface area (Å²) in [4.78, 5) is 13.2. The van der Waals surface area contributed by atoms with E-state index in [2.05, 4.69) is 10.6 Å². The smallest absolute Gasteiger partial charge is 0.228 e. The first-order valence-corrected chi connectivity index (χ1v) is 7.74. The highest BCUT2D eigenvalue weighted by Crippen LogP contribution is 2.29. The lowest BCUT2D eigenvalue weighted by molar-refractivity contribution is -0.119. The molecule has 0 aliphatic carbocycles. The van der Waals surface area contributed by atoms with Crippen molar-refractivity contribution in [3.8, 4) is 0 Å². The topological polar surface area (TPSA) is 44.4 Å². The second kappa shape index (κ2) is 7.72. The van der Waals surface area contributed by atoms with Gasteiger partial charge >= 0.3 is 0 Å². The number of carbonyl (C=O) groups excluding carboxylic acids is 1. The quantitative estimate of drug-likeness (QED) is 0.458. The van der Waals surface area contributed by atoms with Gasteiger partial charge in [0.2, 0.25) is 9.70 Å². The summed E-state index contributed by atoms with van der Waals surface area (Å²) < 4.78 is -1.67. The average molecular weight is 347 g/mol. The molecule has 1 aliphatic rings. The lowest BCUT2D eigenvalue weighted by Crippen LogP contribution is -2.57. The Labute approximate surface area is 134 Å². The van der Waals surface area contributed by atoms with Crippen LogP contribution in [0.4, 0.5) is 0 Å². The van der Waals surface area contributed by atoms with Gasteiger partial charge in [-0.25, -0.2) is 0 Å². The molecule has 110 valence electrons. The third-order valence-corrected chi connectivity index (χ3v) is 3.87. The van der Waals surface area contributed by atoms with Gasteiger partial charge < -0.3 is 15.5 Å². The molecule has 1 amide bonds. The highest BCUT2D eigenvalue weighted by Gasteiger charge is 2.34. The summed E-state index contributed by atoms with van der Waals surface area (Å²) in [6, 6.07) is 0. The zero-order valence-electron chi connectivity index (χ0n) is 10.7. The summed E-state index contributed by atoms with van der Waals surface area (Å²) in [6.45, 7) is 3.14. The maximum absolute atomic E-state index is 11.1. The standard InChI is InChI=1S/C11H18Cl3N3OS/c1-8(18)15-9(11(12,13)14)16-10(19)17-6-4-2-3-5-7-17/h9H,2-7H2,1H3,(H,15,18)(H,16,19)/t9-/m0/s1. The number of nitrogens with zero attached hydrogens (tertiary/aromatic N) is 1. The molecule has 1 fully saturated rings. The van der Waals surface area contributed by atoms with Gasteiger partial charge in [-0.2, -0.15) is 0 Å². The maximum Gasteiger partial charge on any atom is 0.228 e. The molecular formula is C11H18Cl3N3OS. The van der Waals surface area contributed by atoms with E-state index in [9.17, 15) is 4.79 Å². The molecule has 0 bridgehead atoms. The molecule has 8 heteroatoms. The zero-order chi connectivity index (χ0) is 14.5. The first-order chi connectivity index (χ1) is 8.80. The Morgan fingerprint density at radius 3 is 2.11 bits per heavy atom. The molecule has 0 aromatic carbocycles. The van der Waals surface area contributed by atoms with Gasteiger partial charge in [0.15, 0.2) is 5.11 Å². The largest absolute Gasteiger partial charge is 0.349 e. The van der Waals surface area contributed by atoms with Crippen molar-refractivity contribution in [2.75, 3.05) is 13.1 Å². The van der Waals surface area contributed by atoms with Crippen molar-refractivity contribution in [2.45, 2.75) is 42.6 Å². The summed E-state index contributed by atoms with van der Waals surface area (Å²) in [5.41, 5.74) is 0. The van der Waals surface area contributed by atoms with Crippen LogP contribution >= 0.6 is 47.0 Å². The molecule has 4 nitrogen and oxygen atoms in total. The molecule has 19 heavy (non-hydrogen) atoms. The number of hydrogen-bond acceptors (Lipinski definition) is 2. The van der Waals surface area contributed by atoms with Crippen LogP contribution in [0.2, 0.25) is 0 Å². The number of rotatable bonds is 2. The van der Waals surface area contributed by atoms with E-state index in [-0.39, 0.29) is 5.91 Å². The van der Waals surface area contributed by atoms with E-state index in [4.69, 9.17) is 47.0 Å². The van der Waals surface area contributed by atoms with E-state index in [1.165, 1.54) is 19.8 Å². The predicted molar refractivity (Wildman–Crippen MR) is 83.7 cm³/mol. The van der Waals surface area contributed by atoms with Crippen molar-refractivity contribution < 1.29 is 4.79 Å². The highest BCUT2D eigenvalue weighted by atomic mass is 35.6. The molecular weight excluding hydrogens is 329 g/mol. The number of alkyl halides is 3. The highest BCUT2D eigenvalue weighted by molar-refractivity contribution is 7.80. The molecule has 0 radical (unpaired) electrons. The van der Waals surface area contributed by atoms with Crippen LogP contribution < -0.4 is 10.6 Å². The average Bonchev–Trinajstić information content (AvgIpc) is 2.54. The summed E-state index contributed by atoms with van der Waals surface area (Å²) in [5, 5.41) is 5.97. The second-order valence-electron chi connectivity index (χ2n) is 4.53. The number of hydrogen-bond donors (Lipinski definition) is 2. The molecule has 1 atom stereocenters.